The molecule has 0 saturated carbocycles. The fourth-order valence-corrected chi connectivity index (χ4v) is 3.31. The maximum Gasteiger partial charge on any atom is 0.254 e. The fourth-order valence-electron chi connectivity index (χ4n) is 3.31. The van der Waals surface area contributed by atoms with Gasteiger partial charge in [-0.05, 0) is 51.0 Å². The van der Waals surface area contributed by atoms with Crippen LogP contribution < -0.4 is 16.4 Å². The number of anilines is 1. The predicted molar refractivity (Wildman–Crippen MR) is 112 cm³/mol. The molecule has 2 aromatic heterocycles. The molecule has 3 rings (SSSR count). The van der Waals surface area contributed by atoms with Gasteiger partial charge in [-0.1, -0.05) is 6.07 Å². The Morgan fingerprint density at radius 2 is 1.97 bits per heavy atom. The summed E-state index contributed by atoms with van der Waals surface area (Å²) in [6.45, 7) is 6.07. The van der Waals surface area contributed by atoms with E-state index in [4.69, 9.17) is 5.73 Å². The van der Waals surface area contributed by atoms with Gasteiger partial charge in [0, 0.05) is 35.6 Å². The van der Waals surface area contributed by atoms with Crippen molar-refractivity contribution in [1.82, 2.24) is 19.9 Å². The Kier molecular flexibility index (Phi) is 6.10. The first-order valence-corrected chi connectivity index (χ1v) is 9.63. The lowest BCUT2D eigenvalue weighted by Crippen LogP contribution is -2.22. The zero-order chi connectivity index (χ0) is 21.8. The molecular weight excluding hydrogens is 384 g/mol. The molecule has 0 aliphatic carbocycles. The highest BCUT2D eigenvalue weighted by Gasteiger charge is 2.17. The van der Waals surface area contributed by atoms with Gasteiger partial charge in [-0.15, -0.1) is 0 Å². The summed E-state index contributed by atoms with van der Waals surface area (Å²) in [5.41, 5.74) is 9.49. The minimum atomic E-state index is -0.585. The van der Waals surface area contributed by atoms with Crippen molar-refractivity contribution < 1.29 is 14.4 Å². The van der Waals surface area contributed by atoms with E-state index in [1.165, 1.54) is 6.20 Å². The third kappa shape index (κ3) is 4.29. The number of nitrogens with zero attached hydrogens (tertiary/aromatic N) is 3. The highest BCUT2D eigenvalue weighted by atomic mass is 16.2. The van der Waals surface area contributed by atoms with E-state index in [2.05, 4.69) is 20.7 Å². The van der Waals surface area contributed by atoms with E-state index in [0.29, 0.717) is 35.6 Å². The number of rotatable bonds is 7. The van der Waals surface area contributed by atoms with Crippen LogP contribution in [0.1, 0.15) is 51.0 Å². The molecule has 3 amide bonds. The first kappa shape index (κ1) is 21.0. The van der Waals surface area contributed by atoms with Crippen molar-refractivity contribution in [3.05, 3.63) is 58.5 Å². The summed E-state index contributed by atoms with van der Waals surface area (Å²) in [5.74, 6) is -0.952. The van der Waals surface area contributed by atoms with E-state index in [-0.39, 0.29) is 23.8 Å². The van der Waals surface area contributed by atoms with Crippen molar-refractivity contribution >= 4 is 29.1 Å². The third-order valence-corrected chi connectivity index (χ3v) is 4.82. The van der Waals surface area contributed by atoms with Crippen molar-refractivity contribution in [2.45, 2.75) is 33.6 Å². The molecule has 0 fully saturated rings. The Hall–Kier alpha value is -3.75. The molecule has 0 spiro atoms. The van der Waals surface area contributed by atoms with Crippen LogP contribution in [0.25, 0.3) is 5.65 Å². The number of amides is 3. The summed E-state index contributed by atoms with van der Waals surface area (Å²) in [4.78, 5) is 40.4. The highest BCUT2D eigenvalue weighted by Crippen LogP contribution is 2.19. The van der Waals surface area contributed by atoms with E-state index >= 15 is 0 Å². The quantitative estimate of drug-likeness (QED) is 0.548. The Labute approximate surface area is 173 Å². The molecule has 156 valence electrons. The topological polar surface area (TPSA) is 131 Å². The van der Waals surface area contributed by atoms with Crippen LogP contribution in [0.2, 0.25) is 0 Å². The smallest absolute Gasteiger partial charge is 0.254 e. The molecule has 3 aromatic rings. The largest absolute Gasteiger partial charge is 0.365 e. The Morgan fingerprint density at radius 1 is 1.20 bits per heavy atom. The second-order valence-electron chi connectivity index (χ2n) is 6.91. The molecule has 9 heteroatoms. The number of fused-ring (bicyclic) bond motifs is 1. The van der Waals surface area contributed by atoms with Gasteiger partial charge in [0.2, 0.25) is 5.91 Å². The highest BCUT2D eigenvalue weighted by molar-refractivity contribution is 5.98. The van der Waals surface area contributed by atoms with Gasteiger partial charge in [0.15, 0.2) is 5.65 Å². The molecule has 0 radical (unpaired) electrons. The molecule has 0 bridgehead atoms. The number of nitrogens with one attached hydrogen (secondary N) is 2. The van der Waals surface area contributed by atoms with Crippen LogP contribution in [0.5, 0.6) is 0 Å². The van der Waals surface area contributed by atoms with E-state index in [9.17, 15) is 14.4 Å². The van der Waals surface area contributed by atoms with E-state index in [1.807, 2.05) is 20.8 Å². The molecule has 0 aliphatic heterocycles. The van der Waals surface area contributed by atoms with Crippen molar-refractivity contribution in [2.75, 3.05) is 11.9 Å². The second kappa shape index (κ2) is 8.73. The first-order chi connectivity index (χ1) is 14.3. The Morgan fingerprint density at radius 3 is 2.67 bits per heavy atom. The van der Waals surface area contributed by atoms with Gasteiger partial charge in [-0.2, -0.15) is 5.10 Å². The summed E-state index contributed by atoms with van der Waals surface area (Å²) >= 11 is 0. The number of carbonyl (C=O) groups is 3. The summed E-state index contributed by atoms with van der Waals surface area (Å²) in [6, 6.07) is 6.79. The van der Waals surface area contributed by atoms with Crippen LogP contribution in [-0.4, -0.2) is 38.9 Å². The molecule has 0 unspecified atom stereocenters. The standard InChI is InChI=1S/C21H24N6O3/c1-4-23-21(30)14-6-5-7-15(10-14)26-18(28)9-8-16-12(2)25-20-17(19(22)29)11-24-27(20)13(16)3/h5-7,10-11H,4,8-9H2,1-3H3,(H2,22,29)(H,23,30)(H,26,28). The monoisotopic (exact) mass is 408 g/mol. The van der Waals surface area contributed by atoms with Crippen LogP contribution in [-0.2, 0) is 11.2 Å². The van der Waals surface area contributed by atoms with Gasteiger partial charge in [0.1, 0.15) is 5.56 Å². The fraction of sp³-hybridized carbons (Fsp3) is 0.286. The van der Waals surface area contributed by atoms with Crippen LogP contribution in [0.4, 0.5) is 5.69 Å². The number of carbonyl (C=O) groups excluding carboxylic acids is 3. The summed E-state index contributed by atoms with van der Waals surface area (Å²) in [7, 11) is 0. The molecule has 0 aliphatic rings. The summed E-state index contributed by atoms with van der Waals surface area (Å²) in [5, 5.41) is 9.74. The molecule has 1 aromatic carbocycles. The molecular formula is C21H24N6O3. The lowest BCUT2D eigenvalue weighted by molar-refractivity contribution is -0.116. The average Bonchev–Trinajstić information content (AvgIpc) is 3.12. The van der Waals surface area contributed by atoms with Crippen LogP contribution >= 0.6 is 0 Å². The normalized spacial score (nSPS) is 10.8. The van der Waals surface area contributed by atoms with E-state index in [1.54, 1.807) is 28.8 Å². The zero-order valence-corrected chi connectivity index (χ0v) is 17.2. The summed E-state index contributed by atoms with van der Waals surface area (Å²) in [6.07, 6.45) is 2.08. The number of aryl methyl sites for hydroxylation is 2. The van der Waals surface area contributed by atoms with Crippen molar-refractivity contribution in [2.24, 2.45) is 5.73 Å². The minimum Gasteiger partial charge on any atom is -0.365 e. The van der Waals surface area contributed by atoms with Gasteiger partial charge in [0.25, 0.3) is 11.8 Å². The minimum absolute atomic E-state index is 0.180. The average molecular weight is 408 g/mol. The van der Waals surface area contributed by atoms with Gasteiger partial charge in [-0.25, -0.2) is 9.50 Å². The van der Waals surface area contributed by atoms with Crippen LogP contribution in [0, 0.1) is 13.8 Å². The molecule has 4 N–H and O–H groups in total. The number of primary amides is 1. The summed E-state index contributed by atoms with van der Waals surface area (Å²) < 4.78 is 1.57. The predicted octanol–water partition coefficient (Wildman–Crippen LogP) is 1.77. The number of hydrogen-bond donors (Lipinski definition) is 3. The maximum absolute atomic E-state index is 12.5. The molecule has 0 saturated heterocycles. The van der Waals surface area contributed by atoms with Gasteiger partial charge in [0.05, 0.1) is 6.20 Å². The third-order valence-electron chi connectivity index (χ3n) is 4.82. The van der Waals surface area contributed by atoms with Gasteiger partial charge in [-0.3, -0.25) is 14.4 Å². The zero-order valence-electron chi connectivity index (χ0n) is 17.2. The lowest BCUT2D eigenvalue weighted by atomic mass is 10.1. The number of benzene rings is 1. The SMILES string of the molecule is CCNC(=O)c1cccc(NC(=O)CCc2c(C)nc3c(C(N)=O)cnn3c2C)c1. The van der Waals surface area contributed by atoms with Gasteiger partial charge >= 0.3 is 0 Å². The van der Waals surface area contributed by atoms with E-state index in [0.717, 1.165) is 11.3 Å². The maximum atomic E-state index is 12.5. The van der Waals surface area contributed by atoms with Crippen LogP contribution in [0.15, 0.2) is 30.5 Å². The molecule has 0 atom stereocenters. The van der Waals surface area contributed by atoms with Crippen molar-refractivity contribution in [3.63, 3.8) is 0 Å². The number of aromatic nitrogens is 3. The molecule has 2 heterocycles. The second-order valence-corrected chi connectivity index (χ2v) is 6.91. The van der Waals surface area contributed by atoms with E-state index < -0.39 is 5.91 Å². The van der Waals surface area contributed by atoms with Crippen molar-refractivity contribution in [1.29, 1.82) is 0 Å². The first-order valence-electron chi connectivity index (χ1n) is 9.63. The molecule has 30 heavy (non-hydrogen) atoms. The lowest BCUT2D eigenvalue weighted by Gasteiger charge is -2.12. The van der Waals surface area contributed by atoms with Crippen molar-refractivity contribution in [3.8, 4) is 0 Å². The number of hydrogen-bond acceptors (Lipinski definition) is 5. The Balaban J connectivity index is 1.72. The Bertz CT molecular complexity index is 1140. The molecule has 9 nitrogen and oxygen atoms in total. The van der Waals surface area contributed by atoms with Crippen LogP contribution in [0.3, 0.4) is 0 Å². The van der Waals surface area contributed by atoms with Gasteiger partial charge < -0.3 is 16.4 Å². The number of nitrogens with two attached hydrogens (primary N) is 1.